The van der Waals surface area contributed by atoms with Crippen LogP contribution in [0.3, 0.4) is 0 Å². The first-order valence-electron chi connectivity index (χ1n) is 7.53. The van der Waals surface area contributed by atoms with Gasteiger partial charge in [0.25, 0.3) is 0 Å². The molecule has 3 rings (SSSR count). The predicted molar refractivity (Wildman–Crippen MR) is 94.6 cm³/mol. The molecule has 0 aliphatic heterocycles. The summed E-state index contributed by atoms with van der Waals surface area (Å²) in [5.41, 5.74) is 2.06. The van der Waals surface area contributed by atoms with Crippen LogP contribution < -0.4 is 5.56 Å². The van der Waals surface area contributed by atoms with Crippen LogP contribution >= 0.6 is 0 Å². The Labute approximate surface area is 140 Å². The van der Waals surface area contributed by atoms with E-state index >= 15 is 0 Å². The van der Waals surface area contributed by atoms with E-state index in [1.807, 2.05) is 65.9 Å². The summed E-state index contributed by atoms with van der Waals surface area (Å²) in [6.07, 6.45) is 1.59. The van der Waals surface area contributed by atoms with Crippen molar-refractivity contribution in [3.05, 3.63) is 75.2 Å². The van der Waals surface area contributed by atoms with Crippen molar-refractivity contribution in [2.45, 2.75) is 26.4 Å². The van der Waals surface area contributed by atoms with E-state index < -0.39 is 0 Å². The molecule has 1 aromatic heterocycles. The van der Waals surface area contributed by atoms with E-state index in [2.05, 4.69) is 0 Å². The van der Waals surface area contributed by atoms with E-state index in [0.717, 1.165) is 25.5 Å². The van der Waals surface area contributed by atoms with Crippen LogP contribution in [0.2, 0.25) is 0 Å². The molecule has 0 aliphatic carbocycles. The van der Waals surface area contributed by atoms with E-state index in [1.165, 1.54) is 0 Å². The Morgan fingerprint density at radius 2 is 1.87 bits per heavy atom. The van der Waals surface area contributed by atoms with Crippen molar-refractivity contribution < 1.29 is 4.74 Å². The van der Waals surface area contributed by atoms with E-state index in [0.29, 0.717) is 6.54 Å². The average molecular weight is 373 g/mol. The average Bonchev–Trinajstić information content (AvgIpc) is 2.86. The van der Waals surface area contributed by atoms with Gasteiger partial charge in [-0.3, -0.25) is 0 Å². The molecule has 0 atom stereocenters. The van der Waals surface area contributed by atoms with Crippen LogP contribution in [0, 0.1) is 5.21 Å². The molecule has 1 heterocycles. The third-order valence-corrected chi connectivity index (χ3v) is 5.88. The number of nitrogens with zero attached hydrogens (tertiary/aromatic N) is 2. The van der Waals surface area contributed by atoms with Crippen LogP contribution in [0.5, 0.6) is 0 Å². The van der Waals surface area contributed by atoms with Crippen LogP contribution in [0.1, 0.15) is 25.0 Å². The zero-order valence-corrected chi connectivity index (χ0v) is 14.8. The Balaban J connectivity index is 1.84. The summed E-state index contributed by atoms with van der Waals surface area (Å²) < 4.78 is 4.00. The number of fused-ring (bicyclic) bond motifs is 1. The molecule has 0 saturated carbocycles. The standard InChI is InChI=1S/C18H18N2O2Se/c1-13(2)19(22)11-14-7-9-15(10-8-14)12-20-18(21)16-5-3-4-6-17(16)23-20/h3-11,13H,12H2,1-2H3/b19-11+. The van der Waals surface area contributed by atoms with Crippen molar-refractivity contribution in [2.75, 3.05) is 0 Å². The number of hydroxylamine groups is 1. The normalized spacial score (nSPS) is 12.2. The third kappa shape index (κ3) is 3.46. The van der Waals surface area contributed by atoms with E-state index in [-0.39, 0.29) is 26.3 Å². The van der Waals surface area contributed by atoms with Gasteiger partial charge in [0.1, 0.15) is 0 Å². The van der Waals surface area contributed by atoms with Crippen molar-refractivity contribution in [1.82, 2.24) is 3.56 Å². The van der Waals surface area contributed by atoms with Crippen molar-refractivity contribution >= 4 is 30.6 Å². The summed E-state index contributed by atoms with van der Waals surface area (Å²) in [7, 11) is 0. The SMILES string of the molecule is CC(C)/[N+]([O-])=C\c1ccc(Cn2[se]c3ccccc3c2=O)cc1. The molecule has 0 fully saturated rings. The summed E-state index contributed by atoms with van der Waals surface area (Å²) in [6.45, 7) is 4.33. The van der Waals surface area contributed by atoms with Gasteiger partial charge in [0, 0.05) is 0 Å². The summed E-state index contributed by atoms with van der Waals surface area (Å²) in [5.74, 6) is 0. The van der Waals surface area contributed by atoms with Gasteiger partial charge < -0.3 is 0 Å². The number of rotatable bonds is 4. The first kappa shape index (κ1) is 15.8. The molecule has 0 N–H and O–H groups in total. The van der Waals surface area contributed by atoms with Crippen LogP contribution in [0.25, 0.3) is 9.65 Å². The van der Waals surface area contributed by atoms with Gasteiger partial charge in [0.15, 0.2) is 0 Å². The fraction of sp³-hybridized carbons (Fsp3) is 0.222. The van der Waals surface area contributed by atoms with Crippen molar-refractivity contribution in [3.63, 3.8) is 0 Å². The summed E-state index contributed by atoms with van der Waals surface area (Å²) in [5, 5.41) is 12.5. The molecule has 0 aliphatic rings. The Hall–Kier alpha value is -2.10. The fourth-order valence-electron chi connectivity index (χ4n) is 2.29. The number of hydrogen-bond donors (Lipinski definition) is 0. The summed E-state index contributed by atoms with van der Waals surface area (Å²) >= 11 is 0.0436. The topological polar surface area (TPSA) is 48.1 Å². The third-order valence-electron chi connectivity index (χ3n) is 3.64. The van der Waals surface area contributed by atoms with Crippen molar-refractivity contribution in [1.29, 1.82) is 0 Å². The van der Waals surface area contributed by atoms with E-state index in [1.54, 1.807) is 6.21 Å². The zero-order valence-electron chi connectivity index (χ0n) is 13.1. The van der Waals surface area contributed by atoms with Crippen LogP contribution in [0.15, 0.2) is 53.3 Å². The van der Waals surface area contributed by atoms with Crippen molar-refractivity contribution in [2.24, 2.45) is 0 Å². The molecule has 4 nitrogen and oxygen atoms in total. The van der Waals surface area contributed by atoms with Crippen LogP contribution in [0.4, 0.5) is 0 Å². The molecule has 3 aromatic rings. The second-order valence-corrected chi connectivity index (χ2v) is 7.98. The van der Waals surface area contributed by atoms with Gasteiger partial charge in [-0.15, -0.1) is 0 Å². The van der Waals surface area contributed by atoms with Crippen molar-refractivity contribution in [3.8, 4) is 0 Å². The molecule has 23 heavy (non-hydrogen) atoms. The molecular formula is C18H18N2O2Se. The second-order valence-electron chi connectivity index (χ2n) is 5.75. The maximum absolute atomic E-state index is 12.4. The molecule has 2 aromatic carbocycles. The maximum atomic E-state index is 12.4. The quantitative estimate of drug-likeness (QED) is 0.232. The summed E-state index contributed by atoms with van der Waals surface area (Å²) in [4.78, 5) is 12.4. The van der Waals surface area contributed by atoms with E-state index in [9.17, 15) is 10.0 Å². The van der Waals surface area contributed by atoms with Crippen LogP contribution in [-0.4, -0.2) is 35.3 Å². The Bertz CT molecular complexity index is 905. The molecule has 0 amide bonds. The molecule has 5 heteroatoms. The number of hydrogen-bond acceptors (Lipinski definition) is 2. The number of aromatic nitrogens is 1. The minimum atomic E-state index is -0.0712. The zero-order chi connectivity index (χ0) is 16.4. The number of benzene rings is 2. The molecular weight excluding hydrogens is 355 g/mol. The van der Waals surface area contributed by atoms with Gasteiger partial charge in [0.2, 0.25) is 0 Å². The molecule has 0 unspecified atom stereocenters. The Morgan fingerprint density at radius 3 is 2.52 bits per heavy atom. The monoisotopic (exact) mass is 374 g/mol. The Morgan fingerprint density at radius 1 is 1.17 bits per heavy atom. The van der Waals surface area contributed by atoms with Gasteiger partial charge in [-0.25, -0.2) is 0 Å². The van der Waals surface area contributed by atoms with E-state index in [4.69, 9.17) is 0 Å². The Kier molecular flexibility index (Phi) is 4.51. The van der Waals surface area contributed by atoms with Gasteiger partial charge >= 0.3 is 141 Å². The molecule has 118 valence electrons. The molecule has 0 radical (unpaired) electrons. The van der Waals surface area contributed by atoms with Crippen LogP contribution in [-0.2, 0) is 6.54 Å². The van der Waals surface area contributed by atoms with Gasteiger partial charge in [-0.05, 0) is 0 Å². The van der Waals surface area contributed by atoms with Gasteiger partial charge in [-0.2, -0.15) is 0 Å². The molecule has 0 bridgehead atoms. The second kappa shape index (κ2) is 6.57. The van der Waals surface area contributed by atoms with Gasteiger partial charge in [-0.1, -0.05) is 0 Å². The first-order valence-corrected chi connectivity index (χ1v) is 9.15. The fourth-order valence-corrected chi connectivity index (χ4v) is 4.44. The molecule has 0 spiro atoms. The molecule has 0 saturated heterocycles. The predicted octanol–water partition coefficient (Wildman–Crippen LogP) is 2.44. The minimum absolute atomic E-state index is 0.0436. The summed E-state index contributed by atoms with van der Waals surface area (Å²) in [6, 6.07) is 15.5. The first-order chi connectivity index (χ1) is 11.0. The van der Waals surface area contributed by atoms with Gasteiger partial charge in [0.05, 0.1) is 0 Å².